The highest BCUT2D eigenvalue weighted by atomic mass is 16.3. The molecule has 0 atom stereocenters. The minimum atomic E-state index is 1.26. The molecule has 1 aromatic rings. The van der Waals surface area contributed by atoms with Gasteiger partial charge in [-0.3, -0.25) is 0 Å². The van der Waals surface area contributed by atoms with Crippen molar-refractivity contribution in [3.05, 3.63) is 12.8 Å². The molecule has 1 heterocycles. The average Bonchev–Trinajstić information content (AvgIpc) is 1.76. The Morgan fingerprint density at radius 3 is 2.00 bits per heavy atom. The highest BCUT2D eigenvalue weighted by molar-refractivity contribution is 4.29. The van der Waals surface area contributed by atoms with Crippen LogP contribution in [0, 0.1) is 0 Å². The van der Waals surface area contributed by atoms with Crippen molar-refractivity contribution in [3.63, 3.8) is 0 Å². The zero-order chi connectivity index (χ0) is 3.54. The molecule has 0 amide bonds. The van der Waals surface area contributed by atoms with Crippen LogP contribution in [0.3, 0.4) is 0 Å². The molecule has 3 nitrogen and oxygen atoms in total. The van der Waals surface area contributed by atoms with Crippen LogP contribution in [-0.4, -0.2) is 10.2 Å². The Morgan fingerprint density at radius 1 is 1.20 bits per heavy atom. The smallest absolute Gasteiger partial charge is 0.203 e. The fourth-order valence-corrected chi connectivity index (χ4v) is 0.136. The van der Waals surface area contributed by atoms with E-state index in [4.69, 9.17) is 0 Å². The molecule has 0 radical (unpaired) electrons. The van der Waals surface area contributed by atoms with E-state index in [-0.39, 0.29) is 0 Å². The van der Waals surface area contributed by atoms with Gasteiger partial charge in [0.2, 0.25) is 12.8 Å². The molecule has 0 bridgehead atoms. The minimum absolute atomic E-state index is 1.26. The van der Waals surface area contributed by atoms with Crippen molar-refractivity contribution < 1.29 is 4.42 Å². The molecule has 0 saturated carbocycles. The maximum Gasteiger partial charge on any atom is 0.203 e. The lowest BCUT2D eigenvalue weighted by Gasteiger charge is -1.44. The standard InChI is InChI=1S/C2H2N2O/c1-3-4-2-5-1/h1-2H. The van der Waals surface area contributed by atoms with Gasteiger partial charge in [0, 0.05) is 0 Å². The Morgan fingerprint density at radius 2 is 1.80 bits per heavy atom. The molecule has 0 aliphatic carbocycles. The molecule has 0 aromatic carbocycles. The van der Waals surface area contributed by atoms with E-state index in [0.717, 1.165) is 0 Å². The van der Waals surface area contributed by atoms with Gasteiger partial charge in [-0.15, -0.1) is 10.2 Å². The van der Waals surface area contributed by atoms with E-state index >= 15 is 0 Å². The molecule has 5 heavy (non-hydrogen) atoms. The van der Waals surface area contributed by atoms with Gasteiger partial charge in [0.15, 0.2) is 0 Å². The van der Waals surface area contributed by atoms with E-state index in [9.17, 15) is 0 Å². The summed E-state index contributed by atoms with van der Waals surface area (Å²) in [4.78, 5) is 0. The topological polar surface area (TPSA) is 38.9 Å². The van der Waals surface area contributed by atoms with Crippen LogP contribution < -0.4 is 0 Å². The molecule has 1 aromatic heterocycles. The molecule has 1 rings (SSSR count). The third kappa shape index (κ3) is 0.238. The van der Waals surface area contributed by atoms with Crippen LogP contribution >= 0.6 is 0 Å². The Bertz CT molecular complexity index is 64.1. The van der Waals surface area contributed by atoms with Gasteiger partial charge >= 0.3 is 0 Å². The lowest BCUT2D eigenvalue weighted by Crippen LogP contribution is -1.53. The van der Waals surface area contributed by atoms with Crippen molar-refractivity contribution in [2.24, 2.45) is 0 Å². The maximum absolute atomic E-state index is 4.36. The molecule has 0 aliphatic rings. The van der Waals surface area contributed by atoms with E-state index in [1.54, 1.807) is 0 Å². The first-order valence-corrected chi connectivity index (χ1v) is 1.19. The van der Waals surface area contributed by atoms with Crippen molar-refractivity contribution >= 4 is 0 Å². The van der Waals surface area contributed by atoms with Crippen LogP contribution in [-0.2, 0) is 0 Å². The minimum Gasteiger partial charge on any atom is -0.431 e. The lowest BCUT2D eigenvalue weighted by molar-refractivity contribution is 0.553. The summed E-state index contributed by atoms with van der Waals surface area (Å²) < 4.78 is 4.36. The molecular weight excluding hydrogens is 68.0 g/mol. The highest BCUT2D eigenvalue weighted by Crippen LogP contribution is 1.64. The third-order valence-corrected chi connectivity index (χ3v) is 0.283. The third-order valence-electron chi connectivity index (χ3n) is 0.283. The molecule has 0 saturated heterocycles. The van der Waals surface area contributed by atoms with Gasteiger partial charge in [-0.2, -0.15) is 0 Å². The van der Waals surface area contributed by atoms with Crippen LogP contribution in [0.4, 0.5) is 0 Å². The van der Waals surface area contributed by atoms with Gasteiger partial charge < -0.3 is 4.42 Å². The monoisotopic (exact) mass is 70.0 g/mol. The van der Waals surface area contributed by atoms with E-state index in [1.165, 1.54) is 12.8 Å². The quantitative estimate of drug-likeness (QED) is 0.433. The van der Waals surface area contributed by atoms with Crippen molar-refractivity contribution in [2.75, 3.05) is 0 Å². The molecule has 3 heteroatoms. The van der Waals surface area contributed by atoms with Crippen LogP contribution in [0.5, 0.6) is 0 Å². The van der Waals surface area contributed by atoms with Gasteiger partial charge in [-0.25, -0.2) is 0 Å². The van der Waals surface area contributed by atoms with Crippen molar-refractivity contribution in [1.82, 2.24) is 10.2 Å². The van der Waals surface area contributed by atoms with Gasteiger partial charge in [0.05, 0.1) is 0 Å². The van der Waals surface area contributed by atoms with Crippen LogP contribution in [0.25, 0.3) is 0 Å². The zero-order valence-corrected chi connectivity index (χ0v) is 2.46. The number of rotatable bonds is 0. The Balaban J connectivity index is 3.13. The fraction of sp³-hybridized carbons (Fsp3) is 0. The van der Waals surface area contributed by atoms with E-state index in [1.807, 2.05) is 0 Å². The summed E-state index contributed by atoms with van der Waals surface area (Å²) in [6, 6.07) is 0. The second-order valence-corrected chi connectivity index (χ2v) is 0.578. The Kier molecular flexibility index (Phi) is 0.400. The van der Waals surface area contributed by atoms with Gasteiger partial charge in [-0.1, -0.05) is 0 Å². The normalized spacial score (nSPS) is 8.00. The zero-order valence-electron chi connectivity index (χ0n) is 2.46. The summed E-state index contributed by atoms with van der Waals surface area (Å²) in [6.07, 6.45) is 2.53. The Hall–Kier alpha value is -0.860. The number of hydrogen-bond acceptors (Lipinski definition) is 3. The summed E-state index contributed by atoms with van der Waals surface area (Å²) in [5.41, 5.74) is 0. The van der Waals surface area contributed by atoms with E-state index in [2.05, 4.69) is 14.6 Å². The van der Waals surface area contributed by atoms with E-state index < -0.39 is 0 Å². The van der Waals surface area contributed by atoms with Crippen molar-refractivity contribution in [1.29, 1.82) is 0 Å². The average molecular weight is 70.1 g/mol. The SMILES string of the molecule is c1nnco1. The van der Waals surface area contributed by atoms with Crippen molar-refractivity contribution in [3.8, 4) is 0 Å². The molecule has 26 valence electrons. The maximum atomic E-state index is 4.36. The number of nitrogens with zero attached hydrogens (tertiary/aromatic N) is 2. The predicted molar refractivity (Wildman–Crippen MR) is 14.3 cm³/mol. The largest absolute Gasteiger partial charge is 0.431 e. The Labute approximate surface area is 28.6 Å². The molecule has 0 N–H and O–H groups in total. The van der Waals surface area contributed by atoms with Crippen LogP contribution in [0.1, 0.15) is 0 Å². The molecule has 0 aliphatic heterocycles. The van der Waals surface area contributed by atoms with Gasteiger partial charge in [0.1, 0.15) is 0 Å². The van der Waals surface area contributed by atoms with Crippen molar-refractivity contribution in [2.45, 2.75) is 0 Å². The summed E-state index contributed by atoms with van der Waals surface area (Å²) in [7, 11) is 0. The van der Waals surface area contributed by atoms with Crippen LogP contribution in [0.2, 0.25) is 0 Å². The fourth-order valence-electron chi connectivity index (χ4n) is 0.136. The molecule has 0 fully saturated rings. The number of aromatic nitrogens is 2. The predicted octanol–water partition coefficient (Wildman–Crippen LogP) is 0.0696. The first-order valence-electron chi connectivity index (χ1n) is 1.19. The highest BCUT2D eigenvalue weighted by Gasteiger charge is 1.60. The lowest BCUT2D eigenvalue weighted by atomic mass is 11.5. The molecule has 0 unspecified atom stereocenters. The first kappa shape index (κ1) is 2.38. The number of hydrogen-bond donors (Lipinski definition) is 0. The summed E-state index contributed by atoms with van der Waals surface area (Å²) in [5, 5.41) is 6.61. The van der Waals surface area contributed by atoms with Crippen LogP contribution in [0.15, 0.2) is 17.2 Å². The molecule has 0 spiro atoms. The summed E-state index contributed by atoms with van der Waals surface area (Å²) >= 11 is 0. The summed E-state index contributed by atoms with van der Waals surface area (Å²) in [6.45, 7) is 0. The summed E-state index contributed by atoms with van der Waals surface area (Å²) in [5.74, 6) is 0. The second-order valence-electron chi connectivity index (χ2n) is 0.578. The second kappa shape index (κ2) is 0.839. The van der Waals surface area contributed by atoms with Gasteiger partial charge in [0.25, 0.3) is 0 Å². The van der Waals surface area contributed by atoms with Gasteiger partial charge in [-0.05, 0) is 0 Å². The first-order chi connectivity index (χ1) is 2.50. The van der Waals surface area contributed by atoms with E-state index in [0.29, 0.717) is 0 Å². The molecular formula is C2H2N2O.